The highest BCUT2D eigenvalue weighted by Crippen LogP contribution is 2.19. The highest BCUT2D eigenvalue weighted by molar-refractivity contribution is 5.64. The molecule has 1 aromatic heterocycles. The highest BCUT2D eigenvalue weighted by Gasteiger charge is 2.24. The summed E-state index contributed by atoms with van der Waals surface area (Å²) in [7, 11) is 0. The van der Waals surface area contributed by atoms with E-state index in [0.717, 1.165) is 25.9 Å². The van der Waals surface area contributed by atoms with Crippen molar-refractivity contribution in [3.8, 4) is 0 Å². The number of carboxylic acid groups (broad SMARTS) is 1. The fourth-order valence-corrected chi connectivity index (χ4v) is 3.17. The molecule has 0 aliphatic carbocycles. The van der Waals surface area contributed by atoms with Gasteiger partial charge in [0, 0.05) is 38.9 Å². The molecule has 8 nitrogen and oxygen atoms in total. The van der Waals surface area contributed by atoms with Crippen molar-refractivity contribution in [1.29, 1.82) is 0 Å². The molecule has 1 aromatic rings. The Morgan fingerprint density at radius 3 is 2.61 bits per heavy atom. The van der Waals surface area contributed by atoms with Gasteiger partial charge in [0.15, 0.2) is 0 Å². The van der Waals surface area contributed by atoms with E-state index in [1.165, 1.54) is 9.58 Å². The molecule has 0 bridgehead atoms. The van der Waals surface area contributed by atoms with E-state index in [9.17, 15) is 9.59 Å². The number of amides is 1. The lowest BCUT2D eigenvalue weighted by Crippen LogP contribution is -2.42. The summed E-state index contributed by atoms with van der Waals surface area (Å²) in [4.78, 5) is 27.0. The van der Waals surface area contributed by atoms with E-state index in [1.807, 2.05) is 4.90 Å². The molecule has 0 spiro atoms. The first-order valence-electron chi connectivity index (χ1n) is 8.02. The van der Waals surface area contributed by atoms with E-state index >= 15 is 0 Å². The summed E-state index contributed by atoms with van der Waals surface area (Å²) >= 11 is 0. The highest BCUT2D eigenvalue weighted by atomic mass is 16.5. The van der Waals surface area contributed by atoms with Gasteiger partial charge in [-0.2, -0.15) is 5.10 Å². The molecule has 3 heterocycles. The maximum absolute atomic E-state index is 12.6. The van der Waals surface area contributed by atoms with Crippen molar-refractivity contribution in [2.75, 3.05) is 44.3 Å². The Morgan fingerprint density at radius 2 is 1.96 bits per heavy atom. The molecule has 0 unspecified atom stereocenters. The number of aromatic nitrogens is 2. The van der Waals surface area contributed by atoms with Crippen LogP contribution in [0, 0.1) is 5.92 Å². The van der Waals surface area contributed by atoms with Gasteiger partial charge in [-0.3, -0.25) is 4.79 Å². The second-order valence-electron chi connectivity index (χ2n) is 6.02. The van der Waals surface area contributed by atoms with E-state index in [0.29, 0.717) is 38.5 Å². The third-order valence-electron chi connectivity index (χ3n) is 4.56. The van der Waals surface area contributed by atoms with E-state index < -0.39 is 6.09 Å². The summed E-state index contributed by atoms with van der Waals surface area (Å²) in [6.07, 6.45) is 2.33. The molecule has 0 saturated carbocycles. The van der Waals surface area contributed by atoms with Crippen molar-refractivity contribution in [3.05, 3.63) is 22.6 Å². The van der Waals surface area contributed by atoms with Crippen LogP contribution in [0.15, 0.2) is 17.1 Å². The molecule has 0 aromatic carbocycles. The van der Waals surface area contributed by atoms with Crippen molar-refractivity contribution in [3.63, 3.8) is 0 Å². The van der Waals surface area contributed by atoms with Crippen LogP contribution in [0.2, 0.25) is 0 Å². The van der Waals surface area contributed by atoms with Gasteiger partial charge < -0.3 is 19.6 Å². The molecule has 3 rings (SSSR count). The van der Waals surface area contributed by atoms with Crippen molar-refractivity contribution < 1.29 is 14.6 Å². The normalized spacial score (nSPS) is 19.8. The van der Waals surface area contributed by atoms with Gasteiger partial charge in [-0.25, -0.2) is 9.48 Å². The second-order valence-corrected chi connectivity index (χ2v) is 6.02. The summed E-state index contributed by atoms with van der Waals surface area (Å²) in [5, 5.41) is 13.2. The average Bonchev–Trinajstić information content (AvgIpc) is 2.58. The smallest absolute Gasteiger partial charge is 0.407 e. The SMILES string of the molecule is O=C(O)N1CCC(Cn2nccc(N3CCOCC3)c2=O)CC1. The minimum atomic E-state index is -0.868. The number of morpholine rings is 1. The van der Waals surface area contributed by atoms with Crippen molar-refractivity contribution >= 4 is 11.8 Å². The zero-order valence-electron chi connectivity index (χ0n) is 13.1. The van der Waals surface area contributed by atoms with Crippen LogP contribution in [0.3, 0.4) is 0 Å². The Balaban J connectivity index is 1.67. The minimum Gasteiger partial charge on any atom is -0.465 e. The van der Waals surface area contributed by atoms with Crippen molar-refractivity contribution in [1.82, 2.24) is 14.7 Å². The maximum atomic E-state index is 12.6. The number of likely N-dealkylation sites (tertiary alicyclic amines) is 1. The van der Waals surface area contributed by atoms with Crippen LogP contribution >= 0.6 is 0 Å². The predicted octanol–water partition coefficient (Wildman–Crippen LogP) is 0.470. The molecule has 2 aliphatic heterocycles. The monoisotopic (exact) mass is 322 g/mol. The van der Waals surface area contributed by atoms with Crippen LogP contribution < -0.4 is 10.5 Å². The first-order valence-corrected chi connectivity index (χ1v) is 8.02. The minimum absolute atomic E-state index is 0.0740. The molecule has 0 radical (unpaired) electrons. The van der Waals surface area contributed by atoms with E-state index in [-0.39, 0.29) is 11.5 Å². The zero-order chi connectivity index (χ0) is 16.2. The summed E-state index contributed by atoms with van der Waals surface area (Å²) in [5.41, 5.74) is 0.598. The Bertz CT molecular complexity index is 604. The van der Waals surface area contributed by atoms with Gasteiger partial charge in [0.05, 0.1) is 13.2 Å². The first-order chi connectivity index (χ1) is 11.1. The van der Waals surface area contributed by atoms with Gasteiger partial charge in [0.25, 0.3) is 5.56 Å². The largest absolute Gasteiger partial charge is 0.465 e. The number of ether oxygens (including phenoxy) is 1. The number of piperidine rings is 1. The molecule has 2 fully saturated rings. The van der Waals surface area contributed by atoms with Gasteiger partial charge in [0.1, 0.15) is 5.69 Å². The lowest BCUT2D eigenvalue weighted by Gasteiger charge is -2.30. The van der Waals surface area contributed by atoms with Gasteiger partial charge in [-0.05, 0) is 24.8 Å². The third kappa shape index (κ3) is 3.64. The van der Waals surface area contributed by atoms with E-state index in [4.69, 9.17) is 9.84 Å². The standard InChI is InChI=1S/C15H22N4O4/c20-14-13(17-7-9-23-10-8-17)1-4-16-19(14)11-12-2-5-18(6-3-12)15(21)22/h1,4,12H,2-3,5-11H2,(H,21,22). The fourth-order valence-electron chi connectivity index (χ4n) is 3.17. The van der Waals surface area contributed by atoms with Crippen LogP contribution in [-0.2, 0) is 11.3 Å². The number of rotatable bonds is 3. The van der Waals surface area contributed by atoms with Gasteiger partial charge in [-0.1, -0.05) is 0 Å². The molecule has 8 heteroatoms. The Labute approximate surface area is 134 Å². The first kappa shape index (κ1) is 15.8. The third-order valence-corrected chi connectivity index (χ3v) is 4.56. The molecule has 0 atom stereocenters. The topological polar surface area (TPSA) is 87.9 Å². The molecule has 23 heavy (non-hydrogen) atoms. The molecular weight excluding hydrogens is 300 g/mol. The summed E-state index contributed by atoms with van der Waals surface area (Å²) in [6, 6.07) is 1.76. The molecule has 126 valence electrons. The average molecular weight is 322 g/mol. The summed E-state index contributed by atoms with van der Waals surface area (Å²) in [6.45, 7) is 4.30. The van der Waals surface area contributed by atoms with Gasteiger partial charge >= 0.3 is 6.09 Å². The number of hydrogen-bond donors (Lipinski definition) is 1. The lowest BCUT2D eigenvalue weighted by molar-refractivity contribution is 0.120. The maximum Gasteiger partial charge on any atom is 0.407 e. The lowest BCUT2D eigenvalue weighted by atomic mass is 9.97. The second kappa shape index (κ2) is 6.99. The van der Waals surface area contributed by atoms with Crippen LogP contribution in [0.4, 0.5) is 10.5 Å². The number of carbonyl (C=O) groups is 1. The summed E-state index contributed by atoms with van der Waals surface area (Å²) in [5.74, 6) is 0.288. The fraction of sp³-hybridized carbons (Fsp3) is 0.667. The van der Waals surface area contributed by atoms with Crippen molar-refractivity contribution in [2.24, 2.45) is 5.92 Å². The summed E-state index contributed by atoms with van der Waals surface area (Å²) < 4.78 is 6.84. The quantitative estimate of drug-likeness (QED) is 0.870. The van der Waals surface area contributed by atoms with Crippen LogP contribution in [-0.4, -0.2) is 65.3 Å². The van der Waals surface area contributed by atoms with Crippen molar-refractivity contribution in [2.45, 2.75) is 19.4 Å². The van der Waals surface area contributed by atoms with Crippen LogP contribution in [0.25, 0.3) is 0 Å². The van der Waals surface area contributed by atoms with E-state index in [1.54, 1.807) is 12.3 Å². The number of hydrogen-bond acceptors (Lipinski definition) is 5. The molecular formula is C15H22N4O4. The Morgan fingerprint density at radius 1 is 1.26 bits per heavy atom. The van der Waals surface area contributed by atoms with Crippen LogP contribution in [0.5, 0.6) is 0 Å². The predicted molar refractivity (Wildman–Crippen MR) is 83.9 cm³/mol. The van der Waals surface area contributed by atoms with Gasteiger partial charge in [0.2, 0.25) is 0 Å². The Kier molecular flexibility index (Phi) is 4.80. The zero-order valence-corrected chi connectivity index (χ0v) is 13.1. The molecule has 2 aliphatic rings. The molecule has 2 saturated heterocycles. The van der Waals surface area contributed by atoms with Gasteiger partial charge in [-0.15, -0.1) is 0 Å². The van der Waals surface area contributed by atoms with Crippen LogP contribution in [0.1, 0.15) is 12.8 Å². The van der Waals surface area contributed by atoms with E-state index in [2.05, 4.69) is 5.10 Å². The Hall–Kier alpha value is -2.09. The number of nitrogens with zero attached hydrogens (tertiary/aromatic N) is 4. The molecule has 1 N–H and O–H groups in total. The number of anilines is 1. The molecule has 1 amide bonds.